The molecule has 1 saturated heterocycles. The predicted molar refractivity (Wildman–Crippen MR) is 156 cm³/mol. The summed E-state index contributed by atoms with van der Waals surface area (Å²) in [4.78, 5) is 41.4. The van der Waals surface area contributed by atoms with Gasteiger partial charge in [-0.2, -0.15) is 0 Å². The van der Waals surface area contributed by atoms with E-state index in [0.717, 1.165) is 31.6 Å². The first-order valence-corrected chi connectivity index (χ1v) is 15.0. The number of rotatable bonds is 10. The van der Waals surface area contributed by atoms with Crippen LogP contribution in [0.25, 0.3) is 0 Å². The molecule has 0 saturated carbocycles. The monoisotopic (exact) mass is 580 g/mol. The van der Waals surface area contributed by atoms with Gasteiger partial charge < -0.3 is 20.4 Å². The minimum Gasteiger partial charge on any atom is -0.371 e. The summed E-state index contributed by atoms with van der Waals surface area (Å²) in [6, 6.07) is 17.2. The molecule has 0 aliphatic carbocycles. The molecule has 0 unspecified atom stereocenters. The average Bonchev–Trinajstić information content (AvgIpc) is 2.96. The van der Waals surface area contributed by atoms with Crippen molar-refractivity contribution < 1.29 is 22.8 Å². The number of amides is 1. The van der Waals surface area contributed by atoms with E-state index >= 15 is 0 Å². The van der Waals surface area contributed by atoms with Gasteiger partial charge in [-0.25, -0.2) is 18.4 Å². The SMILES string of the molecule is CC(C)(C)N(OC(=O)CCNC(=O)c1cccc(N2CCC(Nc3ncccn3)CC2)c1)S(=O)(=O)c1ccccc1. The van der Waals surface area contributed by atoms with Gasteiger partial charge >= 0.3 is 5.97 Å². The number of nitrogens with zero attached hydrogens (tertiary/aromatic N) is 4. The van der Waals surface area contributed by atoms with Gasteiger partial charge in [-0.05, 0) is 74.5 Å². The number of carbonyl (C=O) groups excluding carboxylic acids is 2. The molecular weight excluding hydrogens is 544 g/mol. The molecule has 1 amide bonds. The lowest BCUT2D eigenvalue weighted by molar-refractivity contribution is -0.182. The van der Waals surface area contributed by atoms with Gasteiger partial charge in [-0.3, -0.25) is 9.59 Å². The summed E-state index contributed by atoms with van der Waals surface area (Å²) in [5.74, 6) is -0.481. The number of hydroxylamine groups is 1. The molecule has 0 bridgehead atoms. The van der Waals surface area contributed by atoms with Crippen molar-refractivity contribution in [2.45, 2.75) is 56.5 Å². The van der Waals surface area contributed by atoms with Crippen molar-refractivity contribution in [3.05, 3.63) is 78.6 Å². The molecular formula is C29H36N6O5S. The molecule has 4 rings (SSSR count). The van der Waals surface area contributed by atoms with Crippen LogP contribution in [0.5, 0.6) is 0 Å². The van der Waals surface area contributed by atoms with Crippen LogP contribution in [0.3, 0.4) is 0 Å². The second-order valence-electron chi connectivity index (χ2n) is 10.7. The highest BCUT2D eigenvalue weighted by Gasteiger charge is 2.38. The van der Waals surface area contributed by atoms with E-state index in [1.807, 2.05) is 18.2 Å². The van der Waals surface area contributed by atoms with E-state index in [4.69, 9.17) is 4.84 Å². The summed E-state index contributed by atoms with van der Waals surface area (Å²) in [5.41, 5.74) is 0.392. The van der Waals surface area contributed by atoms with E-state index in [2.05, 4.69) is 25.5 Å². The van der Waals surface area contributed by atoms with Gasteiger partial charge in [0.25, 0.3) is 15.9 Å². The highest BCUT2D eigenvalue weighted by Crippen LogP contribution is 2.25. The number of piperidine rings is 1. The van der Waals surface area contributed by atoms with E-state index in [1.165, 1.54) is 12.1 Å². The maximum absolute atomic E-state index is 13.1. The molecule has 3 aromatic rings. The lowest BCUT2D eigenvalue weighted by Crippen LogP contribution is -2.46. The molecule has 41 heavy (non-hydrogen) atoms. The molecule has 12 heteroatoms. The quantitative estimate of drug-likeness (QED) is 0.345. The fraction of sp³-hybridized carbons (Fsp3) is 0.379. The Labute approximate surface area is 240 Å². The summed E-state index contributed by atoms with van der Waals surface area (Å²) in [5, 5.41) is 6.09. The van der Waals surface area contributed by atoms with Crippen molar-refractivity contribution in [3.8, 4) is 0 Å². The first-order valence-electron chi connectivity index (χ1n) is 13.5. The van der Waals surface area contributed by atoms with Crippen LogP contribution in [0.4, 0.5) is 11.6 Å². The van der Waals surface area contributed by atoms with Crippen molar-refractivity contribution in [1.29, 1.82) is 0 Å². The highest BCUT2D eigenvalue weighted by molar-refractivity contribution is 7.89. The molecule has 2 aromatic carbocycles. The van der Waals surface area contributed by atoms with Crippen LogP contribution in [0.15, 0.2) is 78.0 Å². The Morgan fingerprint density at radius 2 is 1.68 bits per heavy atom. The van der Waals surface area contributed by atoms with Gasteiger partial charge in [-0.15, -0.1) is 0 Å². The van der Waals surface area contributed by atoms with Crippen molar-refractivity contribution >= 4 is 33.5 Å². The molecule has 0 spiro atoms. The number of nitrogens with one attached hydrogen (secondary N) is 2. The normalized spacial score (nSPS) is 14.5. The Hall–Kier alpha value is -4.03. The summed E-state index contributed by atoms with van der Waals surface area (Å²) >= 11 is 0. The molecule has 0 atom stereocenters. The van der Waals surface area contributed by atoms with Gasteiger partial charge in [0.1, 0.15) is 0 Å². The predicted octanol–water partition coefficient (Wildman–Crippen LogP) is 3.63. The van der Waals surface area contributed by atoms with Gasteiger partial charge in [0.15, 0.2) is 0 Å². The molecule has 1 aromatic heterocycles. The minimum absolute atomic E-state index is 0.0100. The number of hydrogen-bond acceptors (Lipinski definition) is 9. The summed E-state index contributed by atoms with van der Waals surface area (Å²) < 4.78 is 26.9. The van der Waals surface area contributed by atoms with Crippen molar-refractivity contribution in [2.24, 2.45) is 0 Å². The van der Waals surface area contributed by atoms with Crippen molar-refractivity contribution in [3.63, 3.8) is 0 Å². The van der Waals surface area contributed by atoms with Crippen LogP contribution in [0.2, 0.25) is 0 Å². The minimum atomic E-state index is -4.09. The third-order valence-electron chi connectivity index (χ3n) is 6.47. The molecule has 11 nitrogen and oxygen atoms in total. The fourth-order valence-electron chi connectivity index (χ4n) is 4.44. The fourth-order valence-corrected chi connectivity index (χ4v) is 6.03. The Kier molecular flexibility index (Phi) is 9.56. The van der Waals surface area contributed by atoms with E-state index < -0.39 is 21.5 Å². The molecule has 2 heterocycles. The molecule has 1 fully saturated rings. The van der Waals surface area contributed by atoms with Crippen LogP contribution in [-0.2, 0) is 19.7 Å². The van der Waals surface area contributed by atoms with E-state index in [0.29, 0.717) is 16.0 Å². The maximum Gasteiger partial charge on any atom is 0.328 e. The second-order valence-corrected chi connectivity index (χ2v) is 12.5. The van der Waals surface area contributed by atoms with Crippen molar-refractivity contribution in [1.82, 2.24) is 19.8 Å². The maximum atomic E-state index is 13.1. The zero-order valence-electron chi connectivity index (χ0n) is 23.5. The Bertz CT molecular complexity index is 1420. The second kappa shape index (κ2) is 13.1. The largest absolute Gasteiger partial charge is 0.371 e. The molecule has 2 N–H and O–H groups in total. The molecule has 0 radical (unpaired) electrons. The first-order chi connectivity index (χ1) is 19.5. The topological polar surface area (TPSA) is 134 Å². The molecule has 1 aliphatic rings. The number of benzene rings is 2. The summed E-state index contributed by atoms with van der Waals surface area (Å²) in [6.45, 7) is 6.52. The van der Waals surface area contributed by atoms with Gasteiger partial charge in [0.05, 0.1) is 16.9 Å². The lowest BCUT2D eigenvalue weighted by Gasteiger charge is -2.34. The van der Waals surface area contributed by atoms with E-state index in [-0.39, 0.29) is 29.8 Å². The van der Waals surface area contributed by atoms with E-state index in [9.17, 15) is 18.0 Å². The van der Waals surface area contributed by atoms with Gasteiger partial charge in [0, 0.05) is 49.3 Å². The van der Waals surface area contributed by atoms with Crippen LogP contribution < -0.4 is 15.5 Å². The number of carbonyl (C=O) groups is 2. The average molecular weight is 581 g/mol. The van der Waals surface area contributed by atoms with E-state index in [1.54, 1.807) is 63.5 Å². The van der Waals surface area contributed by atoms with Crippen LogP contribution in [-0.4, -0.2) is 65.9 Å². The Morgan fingerprint density at radius 1 is 1.00 bits per heavy atom. The smallest absolute Gasteiger partial charge is 0.328 e. The van der Waals surface area contributed by atoms with Crippen molar-refractivity contribution in [2.75, 3.05) is 29.9 Å². The zero-order chi connectivity index (χ0) is 29.5. The van der Waals surface area contributed by atoms with Gasteiger partial charge in [-0.1, -0.05) is 24.3 Å². The molecule has 218 valence electrons. The third-order valence-corrected chi connectivity index (χ3v) is 8.40. The Balaban J connectivity index is 1.28. The summed E-state index contributed by atoms with van der Waals surface area (Å²) in [7, 11) is -4.09. The zero-order valence-corrected chi connectivity index (χ0v) is 24.3. The summed E-state index contributed by atoms with van der Waals surface area (Å²) in [6.07, 6.45) is 5.03. The van der Waals surface area contributed by atoms with Crippen LogP contribution >= 0.6 is 0 Å². The first kappa shape index (κ1) is 29.9. The highest BCUT2D eigenvalue weighted by atomic mass is 32.2. The number of anilines is 2. The van der Waals surface area contributed by atoms with Gasteiger partial charge in [0.2, 0.25) is 5.95 Å². The number of aromatic nitrogens is 2. The lowest BCUT2D eigenvalue weighted by atomic mass is 10.0. The number of sulfonamides is 1. The number of hydrogen-bond donors (Lipinski definition) is 2. The standard InChI is InChI=1S/C29H36N6O5S/c1-29(2,3)35(41(38,39)25-11-5-4-6-12-25)40-26(36)13-18-30-27(37)22-9-7-10-24(21-22)34-19-14-23(15-20-34)33-28-31-16-8-17-32-28/h4-12,16-17,21,23H,13-15,18-20H2,1-3H3,(H,30,37)(H,31,32,33). The van der Waals surface area contributed by atoms with Crippen LogP contribution in [0, 0.1) is 0 Å². The van der Waals surface area contributed by atoms with Crippen LogP contribution in [0.1, 0.15) is 50.4 Å². The third kappa shape index (κ3) is 8.01. The Morgan fingerprint density at radius 3 is 2.34 bits per heavy atom. The molecule has 1 aliphatic heterocycles.